The van der Waals surface area contributed by atoms with Crippen LogP contribution in [-0.2, 0) is 13.1 Å². The van der Waals surface area contributed by atoms with E-state index >= 15 is 0 Å². The number of nitrogens with two attached hydrogens (primary N) is 1. The highest BCUT2D eigenvalue weighted by molar-refractivity contribution is 6.00. The summed E-state index contributed by atoms with van der Waals surface area (Å²) in [6, 6.07) is 7.80. The number of hydrogen-bond donors (Lipinski definition) is 2. The fourth-order valence-electron chi connectivity index (χ4n) is 4.86. The zero-order valence-corrected chi connectivity index (χ0v) is 20.3. The Morgan fingerprint density at radius 3 is 2.80 bits per heavy atom. The number of aryl methyl sites for hydroxylation is 1. The molecule has 10 nitrogen and oxygen atoms in total. The van der Waals surface area contributed by atoms with Gasteiger partial charge >= 0.3 is 0 Å². The molecule has 2 aliphatic heterocycles. The molecular formula is C25H30N8O2. The summed E-state index contributed by atoms with van der Waals surface area (Å²) in [5.74, 6) is 7.19. The van der Waals surface area contributed by atoms with Crippen LogP contribution in [0, 0.1) is 18.8 Å². The van der Waals surface area contributed by atoms with Crippen LogP contribution in [0.25, 0.3) is 10.9 Å². The fourth-order valence-corrected chi connectivity index (χ4v) is 4.86. The summed E-state index contributed by atoms with van der Waals surface area (Å²) < 4.78 is 1.84. The lowest BCUT2D eigenvalue weighted by Gasteiger charge is -2.38. The van der Waals surface area contributed by atoms with E-state index in [1.54, 1.807) is 18.9 Å². The first kappa shape index (κ1) is 23.1. The van der Waals surface area contributed by atoms with Gasteiger partial charge in [0.15, 0.2) is 11.5 Å². The Morgan fingerprint density at radius 1 is 1.23 bits per heavy atom. The summed E-state index contributed by atoms with van der Waals surface area (Å²) >= 11 is 0. The molecule has 1 aromatic carbocycles. The van der Waals surface area contributed by atoms with Crippen LogP contribution in [0.5, 0.6) is 0 Å². The molecule has 1 saturated heterocycles. The van der Waals surface area contributed by atoms with Gasteiger partial charge in [0.05, 0.1) is 18.6 Å². The van der Waals surface area contributed by atoms with Gasteiger partial charge in [-0.2, -0.15) is 4.98 Å². The van der Waals surface area contributed by atoms with Gasteiger partial charge in [-0.1, -0.05) is 24.1 Å². The monoisotopic (exact) mass is 474 g/mol. The van der Waals surface area contributed by atoms with E-state index in [4.69, 9.17) is 10.7 Å². The van der Waals surface area contributed by atoms with Crippen molar-refractivity contribution in [3.05, 3.63) is 41.5 Å². The number of fused-ring (bicyclic) bond motifs is 2. The van der Waals surface area contributed by atoms with Crippen molar-refractivity contribution in [1.29, 1.82) is 0 Å². The topological polar surface area (TPSA) is 117 Å². The van der Waals surface area contributed by atoms with E-state index in [1.807, 2.05) is 35.8 Å². The maximum atomic E-state index is 13.8. The van der Waals surface area contributed by atoms with Crippen LogP contribution in [0.1, 0.15) is 41.8 Å². The van der Waals surface area contributed by atoms with Gasteiger partial charge in [-0.3, -0.25) is 14.3 Å². The number of benzene rings is 1. The van der Waals surface area contributed by atoms with Gasteiger partial charge in [0.1, 0.15) is 5.82 Å². The second-order valence-corrected chi connectivity index (χ2v) is 9.08. The first-order chi connectivity index (χ1) is 16.9. The molecule has 0 saturated carbocycles. The number of imidazole rings is 1. The van der Waals surface area contributed by atoms with E-state index in [2.05, 4.69) is 26.7 Å². The van der Waals surface area contributed by atoms with Gasteiger partial charge < -0.3 is 20.6 Å². The van der Waals surface area contributed by atoms with Crippen LogP contribution in [0.4, 0.5) is 11.8 Å². The SMILES string of the molecule is CC#CCn1c(N2CCC[C@@H](N)C2)nc2c1C(=O)N(Cc1nc(C)c3ccccc3n1)C(O)N2C. The molecule has 1 unspecified atom stereocenters. The van der Waals surface area contributed by atoms with E-state index in [-0.39, 0.29) is 18.5 Å². The van der Waals surface area contributed by atoms with Gasteiger partial charge in [0.25, 0.3) is 5.91 Å². The van der Waals surface area contributed by atoms with Crippen molar-refractivity contribution < 1.29 is 9.90 Å². The Hall–Kier alpha value is -3.68. The standard InChI is InChI=1S/C25H30N8O2/c1-4-5-13-32-21-22(29-24(32)31-12-8-9-17(26)14-31)30(3)25(35)33(23(21)34)15-20-27-16(2)18-10-6-7-11-19(18)28-20/h6-7,10-11,17,25,35H,8-9,12-15,26H2,1-3H3/t17-,25?/m1/s1. The molecule has 182 valence electrons. The number of aliphatic hydroxyl groups excluding tert-OH is 1. The third-order valence-electron chi connectivity index (χ3n) is 6.66. The molecule has 1 amide bonds. The number of piperidine rings is 1. The molecule has 2 aromatic heterocycles. The second kappa shape index (κ2) is 9.17. The molecule has 4 heterocycles. The third-order valence-corrected chi connectivity index (χ3v) is 6.66. The number of carbonyl (C=O) groups excluding carboxylic acids is 1. The third kappa shape index (κ3) is 4.07. The first-order valence-electron chi connectivity index (χ1n) is 11.8. The quantitative estimate of drug-likeness (QED) is 0.546. The highest BCUT2D eigenvalue weighted by Gasteiger charge is 2.41. The van der Waals surface area contributed by atoms with Gasteiger partial charge in [0, 0.05) is 37.3 Å². The number of amides is 1. The van der Waals surface area contributed by atoms with Crippen LogP contribution in [-0.4, -0.2) is 68.0 Å². The van der Waals surface area contributed by atoms with Crippen LogP contribution >= 0.6 is 0 Å². The molecule has 1 fully saturated rings. The summed E-state index contributed by atoms with van der Waals surface area (Å²) in [7, 11) is 1.73. The van der Waals surface area contributed by atoms with Gasteiger partial charge in [-0.25, -0.2) is 9.97 Å². The first-order valence-corrected chi connectivity index (χ1v) is 11.8. The average molecular weight is 475 g/mol. The minimum Gasteiger partial charge on any atom is -0.356 e. The summed E-state index contributed by atoms with van der Waals surface area (Å²) in [4.78, 5) is 32.9. The Labute approximate surface area is 204 Å². The number of aliphatic hydroxyl groups is 1. The molecule has 5 rings (SSSR count). The van der Waals surface area contributed by atoms with E-state index < -0.39 is 6.35 Å². The van der Waals surface area contributed by atoms with E-state index in [0.717, 1.165) is 36.0 Å². The Kier molecular flexibility index (Phi) is 6.05. The molecule has 2 atom stereocenters. The van der Waals surface area contributed by atoms with Gasteiger partial charge in [0.2, 0.25) is 12.3 Å². The average Bonchev–Trinajstić information content (AvgIpc) is 3.24. The van der Waals surface area contributed by atoms with Crippen molar-refractivity contribution in [2.75, 3.05) is 29.9 Å². The zero-order chi connectivity index (χ0) is 24.7. The van der Waals surface area contributed by atoms with Crippen molar-refractivity contribution in [2.45, 2.75) is 52.2 Å². The van der Waals surface area contributed by atoms with Crippen molar-refractivity contribution in [1.82, 2.24) is 24.4 Å². The summed E-state index contributed by atoms with van der Waals surface area (Å²) in [6.07, 6.45) is 0.708. The molecule has 10 heteroatoms. The summed E-state index contributed by atoms with van der Waals surface area (Å²) in [5, 5.41) is 12.1. The molecule has 2 aliphatic rings. The largest absolute Gasteiger partial charge is 0.356 e. The molecular weight excluding hydrogens is 444 g/mol. The lowest BCUT2D eigenvalue weighted by molar-refractivity contribution is -0.00184. The number of rotatable bonds is 4. The maximum absolute atomic E-state index is 13.8. The zero-order valence-electron chi connectivity index (χ0n) is 20.3. The number of para-hydroxylation sites is 1. The van der Waals surface area contributed by atoms with Crippen molar-refractivity contribution in [3.63, 3.8) is 0 Å². The van der Waals surface area contributed by atoms with Crippen LogP contribution in [0.3, 0.4) is 0 Å². The van der Waals surface area contributed by atoms with Crippen LogP contribution < -0.4 is 15.5 Å². The summed E-state index contributed by atoms with van der Waals surface area (Å²) in [6.45, 7) is 5.52. The van der Waals surface area contributed by atoms with Crippen molar-refractivity contribution in [2.24, 2.45) is 5.73 Å². The Bertz CT molecular complexity index is 1340. The molecule has 0 bridgehead atoms. The number of aromatic nitrogens is 4. The molecule has 3 N–H and O–H groups in total. The normalized spacial score (nSPS) is 20.1. The molecule has 0 aliphatic carbocycles. The minimum absolute atomic E-state index is 0.0481. The Morgan fingerprint density at radius 2 is 2.03 bits per heavy atom. The van der Waals surface area contributed by atoms with Gasteiger partial charge in [-0.05, 0) is 32.8 Å². The summed E-state index contributed by atoms with van der Waals surface area (Å²) in [5.41, 5.74) is 8.25. The molecule has 35 heavy (non-hydrogen) atoms. The number of carbonyl (C=O) groups is 1. The van der Waals surface area contributed by atoms with Crippen molar-refractivity contribution >= 4 is 28.6 Å². The van der Waals surface area contributed by atoms with E-state index in [0.29, 0.717) is 36.4 Å². The lowest BCUT2D eigenvalue weighted by atomic mass is 10.1. The maximum Gasteiger partial charge on any atom is 0.278 e. The second-order valence-electron chi connectivity index (χ2n) is 9.08. The minimum atomic E-state index is -1.21. The fraction of sp³-hybridized carbons (Fsp3) is 0.440. The number of hydrogen-bond acceptors (Lipinski definition) is 8. The lowest BCUT2D eigenvalue weighted by Crippen LogP contribution is -2.54. The number of anilines is 2. The van der Waals surface area contributed by atoms with E-state index in [1.165, 1.54) is 4.90 Å². The number of nitrogens with zero attached hydrogens (tertiary/aromatic N) is 7. The van der Waals surface area contributed by atoms with Crippen molar-refractivity contribution in [3.8, 4) is 11.8 Å². The predicted molar refractivity (Wildman–Crippen MR) is 134 cm³/mol. The molecule has 3 aromatic rings. The highest BCUT2D eigenvalue weighted by atomic mass is 16.3. The smallest absolute Gasteiger partial charge is 0.278 e. The molecule has 0 radical (unpaired) electrons. The predicted octanol–water partition coefficient (Wildman–Crippen LogP) is 1.45. The Balaban J connectivity index is 1.54. The van der Waals surface area contributed by atoms with E-state index in [9.17, 15) is 9.90 Å². The molecule has 0 spiro atoms. The highest BCUT2D eigenvalue weighted by Crippen LogP contribution is 2.34. The van der Waals surface area contributed by atoms with Gasteiger partial charge in [-0.15, -0.1) is 5.92 Å². The van der Waals surface area contributed by atoms with Crippen LogP contribution in [0.15, 0.2) is 24.3 Å². The van der Waals surface area contributed by atoms with Crippen LogP contribution in [0.2, 0.25) is 0 Å².